The normalized spacial score (nSPS) is 27.8. The average Bonchev–Trinajstić information content (AvgIpc) is 2.90. The van der Waals surface area contributed by atoms with Crippen LogP contribution in [0.1, 0.15) is 38.5 Å². The zero-order chi connectivity index (χ0) is 14.5. The first kappa shape index (κ1) is 15.3. The topological polar surface area (TPSA) is 81.9 Å². The number of likely N-dealkylation sites (tertiary alicyclic amines) is 1. The van der Waals surface area contributed by atoms with Crippen molar-refractivity contribution in [3.8, 4) is 0 Å². The predicted octanol–water partition coefficient (Wildman–Crippen LogP) is 0.437. The van der Waals surface area contributed by atoms with E-state index in [1.165, 1.54) is 11.3 Å². The monoisotopic (exact) mass is 284 g/mol. The van der Waals surface area contributed by atoms with Crippen LogP contribution in [0, 0.1) is 0 Å². The quantitative estimate of drug-likeness (QED) is 0.794. The highest BCUT2D eigenvalue weighted by Crippen LogP contribution is 2.22. The number of ether oxygens (including phenoxy) is 2. The lowest BCUT2D eigenvalue weighted by molar-refractivity contribution is -0.143. The van der Waals surface area contributed by atoms with E-state index in [-0.39, 0.29) is 24.7 Å². The lowest BCUT2D eigenvalue weighted by atomic mass is 9.98. The molecule has 6 heteroatoms. The molecular weight excluding hydrogens is 260 g/mol. The summed E-state index contributed by atoms with van der Waals surface area (Å²) in [7, 11) is 1.58. The lowest BCUT2D eigenvalue weighted by Crippen LogP contribution is -2.45. The van der Waals surface area contributed by atoms with Crippen LogP contribution in [0.15, 0.2) is 0 Å². The summed E-state index contributed by atoms with van der Waals surface area (Å²) in [6.45, 7) is 0.446. The van der Waals surface area contributed by atoms with Crippen LogP contribution in [0.5, 0.6) is 0 Å². The summed E-state index contributed by atoms with van der Waals surface area (Å²) in [6.07, 6.45) is 6.16. The predicted molar refractivity (Wildman–Crippen MR) is 72.9 cm³/mol. The second-order valence-corrected chi connectivity index (χ2v) is 5.63. The van der Waals surface area contributed by atoms with Gasteiger partial charge in [0.25, 0.3) is 0 Å². The summed E-state index contributed by atoms with van der Waals surface area (Å²) in [5.41, 5.74) is 5.35. The van der Waals surface area contributed by atoms with E-state index in [2.05, 4.69) is 0 Å². The van der Waals surface area contributed by atoms with Gasteiger partial charge in [-0.25, -0.2) is 0 Å². The minimum absolute atomic E-state index is 0.0326. The Balaban J connectivity index is 1.85. The number of rotatable bonds is 5. The Bertz CT molecular complexity index is 355. The van der Waals surface area contributed by atoms with Crippen LogP contribution in [-0.2, 0) is 19.1 Å². The third kappa shape index (κ3) is 3.70. The molecule has 0 aromatic heterocycles. The third-order valence-corrected chi connectivity index (χ3v) is 4.24. The number of methoxy groups -OCH3 is 1. The number of hydrogen-bond acceptors (Lipinski definition) is 4. The van der Waals surface area contributed by atoms with Gasteiger partial charge in [0.2, 0.25) is 11.8 Å². The van der Waals surface area contributed by atoms with Crippen LogP contribution in [0.2, 0.25) is 0 Å². The maximum Gasteiger partial charge on any atom is 0.249 e. The number of nitrogens with two attached hydrogens (primary N) is 1. The van der Waals surface area contributed by atoms with Crippen molar-refractivity contribution in [3.05, 3.63) is 0 Å². The highest BCUT2D eigenvalue weighted by atomic mass is 16.5. The molecule has 2 N–H and O–H groups in total. The molecule has 2 rings (SSSR count). The molecule has 114 valence electrons. The van der Waals surface area contributed by atoms with Gasteiger partial charge in [-0.3, -0.25) is 9.59 Å². The van der Waals surface area contributed by atoms with Crippen molar-refractivity contribution in [1.29, 1.82) is 0 Å². The molecule has 1 aliphatic carbocycles. The van der Waals surface area contributed by atoms with E-state index in [9.17, 15) is 9.59 Å². The Morgan fingerprint density at radius 1 is 1.20 bits per heavy atom. The maximum absolute atomic E-state index is 12.2. The first-order valence-electron chi connectivity index (χ1n) is 7.35. The zero-order valence-electron chi connectivity index (χ0n) is 12.0. The van der Waals surface area contributed by atoms with E-state index >= 15 is 0 Å². The van der Waals surface area contributed by atoms with E-state index in [0.717, 1.165) is 25.7 Å². The van der Waals surface area contributed by atoms with Gasteiger partial charge in [-0.1, -0.05) is 19.3 Å². The molecule has 2 fully saturated rings. The van der Waals surface area contributed by atoms with Crippen molar-refractivity contribution < 1.29 is 19.1 Å². The first-order valence-corrected chi connectivity index (χ1v) is 7.35. The molecule has 1 saturated carbocycles. The van der Waals surface area contributed by atoms with Crippen molar-refractivity contribution in [2.45, 2.75) is 56.8 Å². The summed E-state index contributed by atoms with van der Waals surface area (Å²) in [4.78, 5) is 25.1. The summed E-state index contributed by atoms with van der Waals surface area (Å²) in [5.74, 6) is -0.644. The van der Waals surface area contributed by atoms with Crippen LogP contribution in [0.3, 0.4) is 0 Å². The highest BCUT2D eigenvalue weighted by Gasteiger charge is 2.38. The number of carbonyl (C=O) groups excluding carboxylic acids is 2. The van der Waals surface area contributed by atoms with Gasteiger partial charge in [0, 0.05) is 20.1 Å². The number of nitrogens with zero attached hydrogens (tertiary/aromatic N) is 1. The SMILES string of the molecule is CO[C@H]1C[C@@H](C(N)=O)N(C(=O)COC2CCCCC2)C1. The lowest BCUT2D eigenvalue weighted by Gasteiger charge is -2.25. The van der Waals surface area contributed by atoms with Crippen LogP contribution in [0.4, 0.5) is 0 Å². The number of hydrogen-bond donors (Lipinski definition) is 1. The van der Waals surface area contributed by atoms with E-state index in [1.54, 1.807) is 7.11 Å². The Morgan fingerprint density at radius 3 is 2.50 bits per heavy atom. The first-order chi connectivity index (χ1) is 9.61. The fourth-order valence-corrected chi connectivity index (χ4v) is 3.02. The van der Waals surface area contributed by atoms with Gasteiger partial charge < -0.3 is 20.1 Å². The Hall–Kier alpha value is -1.14. The molecule has 2 aliphatic rings. The molecule has 2 amide bonds. The van der Waals surface area contributed by atoms with Crippen molar-refractivity contribution in [2.75, 3.05) is 20.3 Å². The molecule has 2 atom stereocenters. The average molecular weight is 284 g/mol. The number of amides is 2. The van der Waals surface area contributed by atoms with Crippen LogP contribution >= 0.6 is 0 Å². The van der Waals surface area contributed by atoms with Gasteiger partial charge in [0.15, 0.2) is 0 Å². The smallest absolute Gasteiger partial charge is 0.249 e. The Labute approximate surface area is 119 Å². The molecule has 20 heavy (non-hydrogen) atoms. The highest BCUT2D eigenvalue weighted by molar-refractivity contribution is 5.87. The second kappa shape index (κ2) is 7.04. The van der Waals surface area contributed by atoms with Crippen molar-refractivity contribution in [2.24, 2.45) is 5.73 Å². The van der Waals surface area contributed by atoms with Gasteiger partial charge in [0.05, 0.1) is 12.2 Å². The largest absolute Gasteiger partial charge is 0.380 e. The third-order valence-electron chi connectivity index (χ3n) is 4.24. The van der Waals surface area contributed by atoms with Crippen LogP contribution in [0.25, 0.3) is 0 Å². The molecule has 6 nitrogen and oxygen atoms in total. The molecular formula is C14H24N2O4. The van der Waals surface area contributed by atoms with Gasteiger partial charge in [-0.15, -0.1) is 0 Å². The number of primary amides is 1. The fraction of sp³-hybridized carbons (Fsp3) is 0.857. The van der Waals surface area contributed by atoms with E-state index in [1.807, 2.05) is 0 Å². The molecule has 0 aromatic carbocycles. The molecule has 0 radical (unpaired) electrons. The van der Waals surface area contributed by atoms with Crippen LogP contribution in [-0.4, -0.2) is 55.2 Å². The summed E-state index contributed by atoms with van der Waals surface area (Å²) in [5, 5.41) is 0. The van der Waals surface area contributed by atoms with Crippen molar-refractivity contribution in [3.63, 3.8) is 0 Å². The minimum atomic E-state index is -0.567. The van der Waals surface area contributed by atoms with Gasteiger partial charge in [0.1, 0.15) is 12.6 Å². The van der Waals surface area contributed by atoms with Crippen molar-refractivity contribution in [1.82, 2.24) is 4.90 Å². The summed E-state index contributed by atoms with van der Waals surface area (Å²) < 4.78 is 10.9. The Kier molecular flexibility index (Phi) is 5.37. The van der Waals surface area contributed by atoms with E-state index < -0.39 is 11.9 Å². The van der Waals surface area contributed by atoms with E-state index in [4.69, 9.17) is 15.2 Å². The molecule has 1 saturated heterocycles. The van der Waals surface area contributed by atoms with Gasteiger partial charge in [-0.2, -0.15) is 0 Å². The number of carbonyl (C=O) groups is 2. The zero-order valence-corrected chi connectivity index (χ0v) is 12.0. The molecule has 0 spiro atoms. The minimum Gasteiger partial charge on any atom is -0.380 e. The molecule has 1 heterocycles. The fourth-order valence-electron chi connectivity index (χ4n) is 3.02. The molecule has 1 aliphatic heterocycles. The van der Waals surface area contributed by atoms with Gasteiger partial charge in [-0.05, 0) is 12.8 Å². The Morgan fingerprint density at radius 2 is 1.90 bits per heavy atom. The van der Waals surface area contributed by atoms with Crippen molar-refractivity contribution >= 4 is 11.8 Å². The second-order valence-electron chi connectivity index (χ2n) is 5.63. The summed E-state index contributed by atoms with van der Waals surface area (Å²) in [6, 6.07) is -0.567. The molecule has 0 bridgehead atoms. The maximum atomic E-state index is 12.2. The summed E-state index contributed by atoms with van der Waals surface area (Å²) >= 11 is 0. The molecule has 0 unspecified atom stereocenters. The van der Waals surface area contributed by atoms with E-state index in [0.29, 0.717) is 13.0 Å². The van der Waals surface area contributed by atoms with Gasteiger partial charge >= 0.3 is 0 Å². The standard InChI is InChI=1S/C14H24N2O4/c1-19-11-7-12(14(15)18)16(8-11)13(17)9-20-10-5-3-2-4-6-10/h10-12H,2-9H2,1H3,(H2,15,18)/t11-,12-/m0/s1. The molecule has 0 aromatic rings. The van der Waals surface area contributed by atoms with Crippen LogP contribution < -0.4 is 5.73 Å².